The van der Waals surface area contributed by atoms with E-state index in [1.165, 1.54) is 6.26 Å². The Morgan fingerprint density at radius 1 is 1.20 bits per heavy atom. The Bertz CT molecular complexity index is 247. The lowest BCUT2D eigenvalue weighted by molar-refractivity contribution is 0.411. The number of unbranched alkanes of at least 4 members (excludes halogenated alkanes) is 1. The van der Waals surface area contributed by atoms with E-state index in [-0.39, 0.29) is 0 Å². The molecular weight excluding hydrogens is 210 g/mol. The van der Waals surface area contributed by atoms with Gasteiger partial charge in [0.15, 0.2) is 0 Å². The van der Waals surface area contributed by atoms with Crippen molar-refractivity contribution in [2.45, 2.75) is 45.6 Å². The fourth-order valence-corrected chi connectivity index (χ4v) is 2.43. The molecule has 1 atom stereocenters. The van der Waals surface area contributed by atoms with Gasteiger partial charge in [-0.05, 0) is 32.2 Å². The van der Waals surface area contributed by atoms with Gasteiger partial charge in [0.05, 0.1) is 0 Å². The van der Waals surface area contributed by atoms with Gasteiger partial charge in [0, 0.05) is 18.1 Å². The molecule has 3 nitrogen and oxygen atoms in total. The van der Waals surface area contributed by atoms with Crippen molar-refractivity contribution in [2.24, 2.45) is 5.92 Å². The quantitative estimate of drug-likeness (QED) is 0.653. The van der Waals surface area contributed by atoms with Crippen LogP contribution in [0.4, 0.5) is 0 Å². The molecule has 0 aliphatic carbocycles. The van der Waals surface area contributed by atoms with Gasteiger partial charge in [-0.15, -0.1) is 0 Å². The predicted molar refractivity (Wildman–Crippen MR) is 65.9 cm³/mol. The van der Waals surface area contributed by atoms with Crippen molar-refractivity contribution >= 4 is 9.84 Å². The van der Waals surface area contributed by atoms with E-state index in [0.29, 0.717) is 17.7 Å². The van der Waals surface area contributed by atoms with Crippen molar-refractivity contribution in [1.29, 1.82) is 0 Å². The molecule has 0 aromatic heterocycles. The summed E-state index contributed by atoms with van der Waals surface area (Å²) in [6, 6.07) is 0.532. The van der Waals surface area contributed by atoms with E-state index in [9.17, 15) is 8.42 Å². The number of hydrogen-bond acceptors (Lipinski definition) is 3. The molecule has 4 heteroatoms. The molecule has 0 aliphatic rings. The van der Waals surface area contributed by atoms with E-state index in [4.69, 9.17) is 0 Å². The molecular formula is C11H25NO2S. The minimum Gasteiger partial charge on any atom is -0.317 e. The van der Waals surface area contributed by atoms with Crippen LogP contribution in [0.15, 0.2) is 0 Å². The van der Waals surface area contributed by atoms with Gasteiger partial charge in [-0.1, -0.05) is 20.3 Å². The van der Waals surface area contributed by atoms with Crippen LogP contribution in [0.25, 0.3) is 0 Å². The third-order valence-corrected chi connectivity index (χ3v) is 3.51. The van der Waals surface area contributed by atoms with E-state index >= 15 is 0 Å². The highest BCUT2D eigenvalue weighted by Crippen LogP contribution is 2.11. The lowest BCUT2D eigenvalue weighted by Crippen LogP contribution is -2.26. The number of nitrogens with one attached hydrogen (secondary N) is 1. The largest absolute Gasteiger partial charge is 0.317 e. The van der Waals surface area contributed by atoms with Crippen molar-refractivity contribution in [3.8, 4) is 0 Å². The van der Waals surface area contributed by atoms with Crippen LogP contribution in [0.2, 0.25) is 0 Å². The zero-order chi connectivity index (χ0) is 11.9. The third kappa shape index (κ3) is 10.2. The molecule has 0 fully saturated rings. The fourth-order valence-electron chi connectivity index (χ4n) is 1.70. The first-order chi connectivity index (χ1) is 6.85. The first-order valence-corrected chi connectivity index (χ1v) is 7.76. The second-order valence-electron chi connectivity index (χ2n) is 4.74. The summed E-state index contributed by atoms with van der Waals surface area (Å²) in [7, 11) is -0.796. The van der Waals surface area contributed by atoms with Crippen LogP contribution in [0, 0.1) is 5.92 Å². The molecule has 0 rings (SSSR count). The predicted octanol–water partition coefficient (Wildman–Crippen LogP) is 1.84. The summed E-state index contributed by atoms with van der Waals surface area (Å²) in [6.45, 7) is 4.42. The Morgan fingerprint density at radius 2 is 1.80 bits per heavy atom. The van der Waals surface area contributed by atoms with E-state index in [1.54, 1.807) is 0 Å². The molecule has 0 aromatic rings. The van der Waals surface area contributed by atoms with Crippen LogP contribution < -0.4 is 5.32 Å². The molecule has 1 N–H and O–H groups in total. The molecule has 0 bridgehead atoms. The molecule has 0 spiro atoms. The molecule has 0 saturated heterocycles. The molecule has 0 saturated carbocycles. The molecule has 0 radical (unpaired) electrons. The second kappa shape index (κ2) is 7.23. The van der Waals surface area contributed by atoms with Crippen molar-refractivity contribution in [3.05, 3.63) is 0 Å². The lowest BCUT2D eigenvalue weighted by Gasteiger charge is -2.17. The summed E-state index contributed by atoms with van der Waals surface area (Å²) in [6.07, 6.45) is 5.32. The average Bonchev–Trinajstić information content (AvgIpc) is 2.08. The summed E-state index contributed by atoms with van der Waals surface area (Å²) >= 11 is 0. The average molecular weight is 235 g/mol. The van der Waals surface area contributed by atoms with Gasteiger partial charge in [-0.25, -0.2) is 8.42 Å². The lowest BCUT2D eigenvalue weighted by atomic mass is 9.99. The Kier molecular flexibility index (Phi) is 7.18. The van der Waals surface area contributed by atoms with Crippen LogP contribution in [-0.2, 0) is 9.84 Å². The Balaban J connectivity index is 3.64. The molecule has 0 aromatic carbocycles. The first-order valence-electron chi connectivity index (χ1n) is 5.70. The zero-order valence-corrected chi connectivity index (χ0v) is 11.2. The van der Waals surface area contributed by atoms with Gasteiger partial charge >= 0.3 is 0 Å². The van der Waals surface area contributed by atoms with Crippen LogP contribution in [0.1, 0.15) is 39.5 Å². The number of rotatable bonds is 8. The number of hydrogen-bond donors (Lipinski definition) is 1. The first kappa shape index (κ1) is 14.9. The summed E-state index contributed by atoms with van der Waals surface area (Å²) in [4.78, 5) is 0. The monoisotopic (exact) mass is 235 g/mol. The maximum atomic E-state index is 10.9. The topological polar surface area (TPSA) is 46.2 Å². The maximum Gasteiger partial charge on any atom is 0.147 e. The van der Waals surface area contributed by atoms with Gasteiger partial charge in [0.2, 0.25) is 0 Å². The Labute approximate surface area is 94.6 Å². The van der Waals surface area contributed by atoms with Gasteiger partial charge in [0.25, 0.3) is 0 Å². The highest BCUT2D eigenvalue weighted by atomic mass is 32.2. The van der Waals surface area contributed by atoms with Crippen LogP contribution in [-0.4, -0.2) is 33.5 Å². The highest BCUT2D eigenvalue weighted by Gasteiger charge is 2.09. The second-order valence-corrected chi connectivity index (χ2v) is 7.00. The van der Waals surface area contributed by atoms with E-state index in [0.717, 1.165) is 25.7 Å². The molecule has 1 unspecified atom stereocenters. The van der Waals surface area contributed by atoms with Gasteiger partial charge < -0.3 is 5.32 Å². The minimum absolute atomic E-state index is 0.325. The maximum absolute atomic E-state index is 10.9. The summed E-state index contributed by atoms with van der Waals surface area (Å²) in [5, 5.41) is 3.28. The summed E-state index contributed by atoms with van der Waals surface area (Å²) in [5.41, 5.74) is 0. The van der Waals surface area contributed by atoms with Crippen LogP contribution in [0.5, 0.6) is 0 Å². The third-order valence-electron chi connectivity index (χ3n) is 2.48. The number of sulfone groups is 1. The molecule has 0 amide bonds. The van der Waals surface area contributed by atoms with Crippen molar-refractivity contribution in [1.82, 2.24) is 5.32 Å². The van der Waals surface area contributed by atoms with E-state index in [1.807, 2.05) is 7.05 Å². The summed E-state index contributed by atoms with van der Waals surface area (Å²) < 4.78 is 21.8. The van der Waals surface area contributed by atoms with E-state index in [2.05, 4.69) is 19.2 Å². The fraction of sp³-hybridized carbons (Fsp3) is 1.00. The van der Waals surface area contributed by atoms with Crippen molar-refractivity contribution in [3.63, 3.8) is 0 Å². The van der Waals surface area contributed by atoms with Gasteiger partial charge in [-0.3, -0.25) is 0 Å². The minimum atomic E-state index is -2.77. The molecule has 15 heavy (non-hydrogen) atoms. The molecule has 0 aliphatic heterocycles. The smallest absolute Gasteiger partial charge is 0.147 e. The van der Waals surface area contributed by atoms with Crippen LogP contribution in [0.3, 0.4) is 0 Å². The molecule has 0 heterocycles. The normalized spacial score (nSPS) is 14.5. The van der Waals surface area contributed by atoms with Crippen LogP contribution >= 0.6 is 0 Å². The van der Waals surface area contributed by atoms with Gasteiger partial charge in [0.1, 0.15) is 9.84 Å². The Morgan fingerprint density at radius 3 is 2.20 bits per heavy atom. The van der Waals surface area contributed by atoms with Gasteiger partial charge in [-0.2, -0.15) is 0 Å². The van der Waals surface area contributed by atoms with Crippen molar-refractivity contribution in [2.75, 3.05) is 19.1 Å². The standard InChI is InChI=1S/C11H25NO2S/c1-10(2)9-11(12-3)7-5-6-8-15(4,13)14/h10-12H,5-9H2,1-4H3. The highest BCUT2D eigenvalue weighted by molar-refractivity contribution is 7.90. The zero-order valence-electron chi connectivity index (χ0n) is 10.4. The summed E-state index contributed by atoms with van der Waals surface area (Å²) in [5.74, 6) is 1.02. The SMILES string of the molecule is CNC(CCCCS(C)(=O)=O)CC(C)C. The molecule has 92 valence electrons. The Hall–Kier alpha value is -0.0900. The van der Waals surface area contributed by atoms with E-state index < -0.39 is 9.84 Å². The van der Waals surface area contributed by atoms with Crippen molar-refractivity contribution < 1.29 is 8.42 Å².